The average Bonchev–Trinajstić information content (AvgIpc) is 3.26. The Kier molecular flexibility index (Phi) is 31.7. The van der Waals surface area contributed by atoms with E-state index in [9.17, 15) is 38.7 Å². The highest BCUT2D eigenvalue weighted by Crippen LogP contribution is 2.15. The highest BCUT2D eigenvalue weighted by Gasteiger charge is 2.31. The monoisotopic (exact) mass is 913 g/mol. The fourth-order valence-corrected chi connectivity index (χ4v) is 7.33. The minimum atomic E-state index is -1.29. The number of nitrogens with one attached hydrogen (secondary N) is 5. The number of carbonyl (C=O) groups excluding carboxylic acids is 7. The molecule has 16 nitrogen and oxygen atoms in total. The lowest BCUT2D eigenvalue weighted by molar-refractivity contribution is -0.134. The van der Waals surface area contributed by atoms with Gasteiger partial charge in [0, 0.05) is 25.0 Å². The zero-order valence-corrected chi connectivity index (χ0v) is 40.3. The Balaban J connectivity index is 2.95. The number of rotatable bonds is 38. The number of nitrogens with two attached hydrogens (primary N) is 2. The second kappa shape index (κ2) is 35.4. The molecule has 5 unspecified atom stereocenters. The van der Waals surface area contributed by atoms with Gasteiger partial charge in [-0.05, 0) is 83.5 Å². The van der Waals surface area contributed by atoms with Crippen LogP contribution in [0.25, 0.3) is 0 Å². The molecular weight excluding hydrogens is 829 g/mol. The van der Waals surface area contributed by atoms with E-state index in [4.69, 9.17) is 11.5 Å². The number of carbonyl (C=O) groups is 7. The number of primary amides is 1. The van der Waals surface area contributed by atoms with Crippen molar-refractivity contribution in [1.29, 1.82) is 0 Å². The first-order valence-electron chi connectivity index (χ1n) is 24.4. The number of unbranched alkanes of at least 4 members (excludes halogenated alkanes) is 14. The summed E-state index contributed by atoms with van der Waals surface area (Å²) in [6.07, 6.45) is 18.9. The second-order valence-electron chi connectivity index (χ2n) is 17.5. The third kappa shape index (κ3) is 27.9. The Morgan fingerprint density at radius 1 is 0.600 bits per heavy atom. The SMILES string of the molecule is CCCCCCCCCCCCCCCC(=O)NC(C)C(=O)NCC(C)=NC(Cc1ccc(O)cc1)C(=O)NC(CCC(N)=O)C(=O)NC(CCCC)C(=O)NC(CCCCN)C(C)=O. The van der Waals surface area contributed by atoms with Gasteiger partial charge in [-0.2, -0.15) is 0 Å². The molecule has 0 aliphatic heterocycles. The van der Waals surface area contributed by atoms with Crippen LogP contribution in [0.1, 0.15) is 181 Å². The first-order valence-corrected chi connectivity index (χ1v) is 24.4. The van der Waals surface area contributed by atoms with Crippen molar-refractivity contribution in [3.63, 3.8) is 0 Å². The van der Waals surface area contributed by atoms with E-state index in [1.807, 2.05) is 6.92 Å². The van der Waals surface area contributed by atoms with Gasteiger partial charge in [-0.15, -0.1) is 0 Å². The standard InChI is InChI=1S/C49H84N8O8/c1-6-8-10-11-12-13-14-15-16-17-18-19-20-25-45(61)54-36(4)46(62)52-34-35(3)53-43(33-38-26-28-39(59)29-27-38)49(65)57-42(30-31-44(51)60)48(64)56-41(23-9-7-2)47(63)55-40(37(5)58)24-21-22-32-50/h26-29,36,40-43,59H,6-25,30-34,50H2,1-5H3,(H2,51,60)(H,52,62)(H,54,61)(H,55,63)(H,56,64)(H,57,65). The molecule has 10 N–H and O–H groups in total. The van der Waals surface area contributed by atoms with E-state index >= 15 is 0 Å². The van der Waals surface area contributed by atoms with E-state index in [0.29, 0.717) is 49.9 Å². The zero-order chi connectivity index (χ0) is 48.4. The van der Waals surface area contributed by atoms with E-state index < -0.39 is 59.7 Å². The summed E-state index contributed by atoms with van der Waals surface area (Å²) >= 11 is 0. The molecule has 16 heteroatoms. The summed E-state index contributed by atoms with van der Waals surface area (Å²) in [5.41, 5.74) is 12.1. The summed E-state index contributed by atoms with van der Waals surface area (Å²) in [6.45, 7) is 9.20. The first-order chi connectivity index (χ1) is 31.1. The molecule has 0 aliphatic rings. The Hall–Kier alpha value is -4.86. The van der Waals surface area contributed by atoms with Crippen LogP contribution in [-0.2, 0) is 40.0 Å². The number of amides is 6. The predicted octanol–water partition coefficient (Wildman–Crippen LogP) is 5.49. The van der Waals surface area contributed by atoms with E-state index in [2.05, 4.69) is 38.5 Å². The number of nitrogens with zero attached hydrogens (tertiary/aromatic N) is 1. The van der Waals surface area contributed by atoms with E-state index in [1.54, 1.807) is 26.0 Å². The third-order valence-corrected chi connectivity index (χ3v) is 11.4. The van der Waals surface area contributed by atoms with Gasteiger partial charge in [-0.25, -0.2) is 0 Å². The van der Waals surface area contributed by atoms with Crippen LogP contribution >= 0.6 is 0 Å². The lowest BCUT2D eigenvalue weighted by Crippen LogP contribution is -2.56. The van der Waals surface area contributed by atoms with Gasteiger partial charge in [0.15, 0.2) is 5.78 Å². The lowest BCUT2D eigenvalue weighted by atomic mass is 10.0. The zero-order valence-electron chi connectivity index (χ0n) is 40.3. The topological polar surface area (TPSA) is 264 Å². The fraction of sp³-hybridized carbons (Fsp3) is 0.714. The fourth-order valence-electron chi connectivity index (χ4n) is 7.33. The molecule has 6 amide bonds. The summed E-state index contributed by atoms with van der Waals surface area (Å²) in [7, 11) is 0. The molecule has 65 heavy (non-hydrogen) atoms. The van der Waals surface area contributed by atoms with Crippen molar-refractivity contribution in [3.05, 3.63) is 29.8 Å². The first kappa shape index (κ1) is 58.2. The van der Waals surface area contributed by atoms with Crippen molar-refractivity contribution in [1.82, 2.24) is 26.6 Å². The summed E-state index contributed by atoms with van der Waals surface area (Å²) in [6, 6.07) is 1.19. The van der Waals surface area contributed by atoms with Gasteiger partial charge in [-0.3, -0.25) is 38.6 Å². The van der Waals surface area contributed by atoms with Crippen LogP contribution in [-0.4, -0.2) is 95.3 Å². The molecule has 0 saturated heterocycles. The summed E-state index contributed by atoms with van der Waals surface area (Å²) in [5, 5.41) is 23.6. The molecule has 0 fully saturated rings. The largest absolute Gasteiger partial charge is 0.508 e. The minimum absolute atomic E-state index is 0.0257. The molecule has 0 spiro atoms. The predicted molar refractivity (Wildman–Crippen MR) is 257 cm³/mol. The number of phenolic OH excluding ortho intramolecular Hbond substituents is 1. The van der Waals surface area contributed by atoms with Crippen LogP contribution in [0.4, 0.5) is 0 Å². The molecule has 0 radical (unpaired) electrons. The highest BCUT2D eigenvalue weighted by atomic mass is 16.3. The second-order valence-corrected chi connectivity index (χ2v) is 17.5. The Morgan fingerprint density at radius 3 is 1.65 bits per heavy atom. The molecule has 0 bridgehead atoms. The number of ketones is 1. The van der Waals surface area contributed by atoms with Gasteiger partial charge < -0.3 is 43.2 Å². The van der Waals surface area contributed by atoms with Gasteiger partial charge >= 0.3 is 0 Å². The molecule has 0 aliphatic carbocycles. The normalized spacial score (nSPS) is 13.7. The molecule has 0 heterocycles. The van der Waals surface area contributed by atoms with Crippen LogP contribution in [0.3, 0.4) is 0 Å². The van der Waals surface area contributed by atoms with Gasteiger partial charge in [0.05, 0.1) is 12.6 Å². The number of Topliss-reactive ketones (excluding diaryl/α,β-unsaturated/α-hetero) is 1. The van der Waals surface area contributed by atoms with Crippen molar-refractivity contribution >= 4 is 46.9 Å². The van der Waals surface area contributed by atoms with Crippen molar-refractivity contribution in [2.45, 2.75) is 213 Å². The summed E-state index contributed by atoms with van der Waals surface area (Å²) in [5.74, 6) is -3.46. The molecular formula is C49H84N8O8. The summed E-state index contributed by atoms with van der Waals surface area (Å²) < 4.78 is 0. The number of hydrogen-bond donors (Lipinski definition) is 8. The Labute approximate surface area is 388 Å². The number of aliphatic imine (C=N–C) groups is 1. The molecule has 5 atom stereocenters. The van der Waals surface area contributed by atoms with E-state index in [-0.39, 0.29) is 49.7 Å². The van der Waals surface area contributed by atoms with Gasteiger partial charge in [0.1, 0.15) is 29.9 Å². The Bertz CT molecular complexity index is 1600. The number of aromatic hydroxyl groups is 1. The van der Waals surface area contributed by atoms with Crippen LogP contribution in [0.2, 0.25) is 0 Å². The molecule has 1 aromatic rings. The maximum absolute atomic E-state index is 14.0. The average molecular weight is 913 g/mol. The van der Waals surface area contributed by atoms with Crippen molar-refractivity contribution in [2.24, 2.45) is 16.5 Å². The van der Waals surface area contributed by atoms with Crippen molar-refractivity contribution < 1.29 is 38.7 Å². The molecule has 0 aromatic heterocycles. The molecule has 1 rings (SSSR count). The van der Waals surface area contributed by atoms with Crippen LogP contribution in [0, 0.1) is 0 Å². The third-order valence-electron chi connectivity index (χ3n) is 11.4. The Morgan fingerprint density at radius 2 is 1.11 bits per heavy atom. The van der Waals surface area contributed by atoms with Crippen molar-refractivity contribution in [3.8, 4) is 5.75 Å². The number of hydrogen-bond acceptors (Lipinski definition) is 10. The van der Waals surface area contributed by atoms with Crippen LogP contribution in [0.5, 0.6) is 5.75 Å². The minimum Gasteiger partial charge on any atom is -0.508 e. The molecule has 0 saturated carbocycles. The van der Waals surface area contributed by atoms with E-state index in [1.165, 1.54) is 83.3 Å². The number of benzene rings is 1. The highest BCUT2D eigenvalue weighted by molar-refractivity contribution is 5.96. The van der Waals surface area contributed by atoms with Gasteiger partial charge in [0.25, 0.3) is 0 Å². The summed E-state index contributed by atoms with van der Waals surface area (Å²) in [4.78, 5) is 95.8. The molecule has 368 valence electrons. The quantitative estimate of drug-likeness (QED) is 0.0307. The molecule has 1 aromatic carbocycles. The van der Waals surface area contributed by atoms with Crippen molar-refractivity contribution in [2.75, 3.05) is 13.1 Å². The van der Waals surface area contributed by atoms with E-state index in [0.717, 1.165) is 25.7 Å². The van der Waals surface area contributed by atoms with Gasteiger partial charge in [0.2, 0.25) is 35.4 Å². The van der Waals surface area contributed by atoms with Gasteiger partial charge in [-0.1, -0.05) is 116 Å². The smallest absolute Gasteiger partial charge is 0.245 e. The van der Waals surface area contributed by atoms with Crippen LogP contribution in [0.15, 0.2) is 29.3 Å². The maximum atomic E-state index is 14.0. The number of phenols is 1. The van der Waals surface area contributed by atoms with Crippen LogP contribution < -0.4 is 38.1 Å². The maximum Gasteiger partial charge on any atom is 0.245 e. The lowest BCUT2D eigenvalue weighted by Gasteiger charge is -2.26.